The first-order valence-corrected chi connectivity index (χ1v) is 12.0. The minimum absolute atomic E-state index is 0.118. The molecule has 2 aromatic heterocycles. The SMILES string of the molecule is Cc1c(S(=O)(=O)N2CCc3[nH]ncc3C2)cc(C(=O)N[C@@H]2Cc3ccccc3[C@@H]2O)n1C. The second-order valence-electron chi connectivity index (χ2n) is 8.43. The van der Waals surface area contributed by atoms with Gasteiger partial charge in [0.15, 0.2) is 0 Å². The molecule has 0 fully saturated rings. The van der Waals surface area contributed by atoms with E-state index in [1.54, 1.807) is 24.7 Å². The van der Waals surface area contributed by atoms with Crippen molar-refractivity contribution in [2.75, 3.05) is 6.54 Å². The molecular formula is C22H25N5O4S. The molecule has 0 radical (unpaired) electrons. The summed E-state index contributed by atoms with van der Waals surface area (Å²) in [5, 5.41) is 20.4. The molecule has 0 saturated heterocycles. The van der Waals surface area contributed by atoms with Gasteiger partial charge in [0.1, 0.15) is 10.6 Å². The van der Waals surface area contributed by atoms with Crippen molar-refractivity contribution in [1.29, 1.82) is 0 Å². The number of nitrogens with zero attached hydrogens (tertiary/aromatic N) is 3. The largest absolute Gasteiger partial charge is 0.386 e. The Labute approximate surface area is 186 Å². The van der Waals surface area contributed by atoms with Crippen LogP contribution in [0.3, 0.4) is 0 Å². The Morgan fingerprint density at radius 3 is 2.84 bits per heavy atom. The van der Waals surface area contributed by atoms with Crippen molar-refractivity contribution in [3.63, 3.8) is 0 Å². The summed E-state index contributed by atoms with van der Waals surface area (Å²) in [5.74, 6) is -0.412. The summed E-state index contributed by atoms with van der Waals surface area (Å²) in [6, 6.07) is 8.52. The topological polar surface area (TPSA) is 120 Å². The Kier molecular flexibility index (Phi) is 4.95. The number of hydrogen-bond donors (Lipinski definition) is 3. The molecule has 0 saturated carbocycles. The van der Waals surface area contributed by atoms with E-state index in [4.69, 9.17) is 0 Å². The van der Waals surface area contributed by atoms with Gasteiger partial charge >= 0.3 is 0 Å². The number of carbonyl (C=O) groups is 1. The molecular weight excluding hydrogens is 430 g/mol. The number of nitrogens with one attached hydrogen (secondary N) is 2. The number of hydrogen-bond acceptors (Lipinski definition) is 5. The first-order chi connectivity index (χ1) is 15.3. The second kappa shape index (κ2) is 7.58. The summed E-state index contributed by atoms with van der Waals surface area (Å²) in [6.07, 6.45) is 1.95. The molecule has 168 valence electrons. The van der Waals surface area contributed by atoms with Crippen LogP contribution in [0.4, 0.5) is 0 Å². The van der Waals surface area contributed by atoms with E-state index in [0.717, 1.165) is 22.4 Å². The number of aliphatic hydroxyl groups is 1. The Morgan fingerprint density at radius 2 is 2.06 bits per heavy atom. The second-order valence-corrected chi connectivity index (χ2v) is 10.3. The third-order valence-corrected chi connectivity index (χ3v) is 8.58. The summed E-state index contributed by atoms with van der Waals surface area (Å²) in [7, 11) is -2.11. The fourth-order valence-electron chi connectivity index (χ4n) is 4.64. The average Bonchev–Trinajstić information content (AvgIpc) is 3.45. The minimum atomic E-state index is -3.79. The molecule has 3 aromatic rings. The quantitative estimate of drug-likeness (QED) is 0.546. The van der Waals surface area contributed by atoms with Crippen molar-refractivity contribution < 1.29 is 18.3 Å². The molecule has 1 amide bonds. The first-order valence-electron chi connectivity index (χ1n) is 10.5. The Balaban J connectivity index is 1.39. The molecule has 0 bridgehead atoms. The predicted molar refractivity (Wildman–Crippen MR) is 116 cm³/mol. The van der Waals surface area contributed by atoms with E-state index in [9.17, 15) is 18.3 Å². The van der Waals surface area contributed by atoms with Crippen molar-refractivity contribution in [2.45, 2.75) is 43.4 Å². The van der Waals surface area contributed by atoms with Gasteiger partial charge in [-0.1, -0.05) is 24.3 Å². The lowest BCUT2D eigenvalue weighted by Gasteiger charge is -2.25. The normalized spacial score (nSPS) is 20.7. The molecule has 0 spiro atoms. The highest BCUT2D eigenvalue weighted by molar-refractivity contribution is 7.89. The lowest BCUT2D eigenvalue weighted by molar-refractivity contribution is 0.0850. The van der Waals surface area contributed by atoms with Crippen molar-refractivity contribution in [3.8, 4) is 0 Å². The van der Waals surface area contributed by atoms with Gasteiger partial charge in [-0.25, -0.2) is 8.42 Å². The lowest BCUT2D eigenvalue weighted by Crippen LogP contribution is -2.38. The smallest absolute Gasteiger partial charge is 0.268 e. The van der Waals surface area contributed by atoms with Gasteiger partial charge in [-0.15, -0.1) is 0 Å². The van der Waals surface area contributed by atoms with Crippen LogP contribution in [0.25, 0.3) is 0 Å². The van der Waals surface area contributed by atoms with E-state index in [-0.39, 0.29) is 17.1 Å². The highest BCUT2D eigenvalue weighted by Crippen LogP contribution is 2.32. The first kappa shape index (κ1) is 20.9. The molecule has 1 aromatic carbocycles. The molecule has 1 aliphatic carbocycles. The van der Waals surface area contributed by atoms with Crippen LogP contribution in [-0.4, -0.2) is 51.1 Å². The number of H-pyrrole nitrogens is 1. The molecule has 9 nitrogen and oxygen atoms in total. The van der Waals surface area contributed by atoms with Crippen LogP contribution in [0, 0.1) is 6.92 Å². The zero-order chi connectivity index (χ0) is 22.6. The van der Waals surface area contributed by atoms with Gasteiger partial charge in [0.05, 0.1) is 18.3 Å². The maximum atomic E-state index is 13.4. The summed E-state index contributed by atoms with van der Waals surface area (Å²) in [4.78, 5) is 13.2. The maximum Gasteiger partial charge on any atom is 0.268 e. The van der Waals surface area contributed by atoms with Crippen LogP contribution in [0.5, 0.6) is 0 Å². The molecule has 1 aliphatic heterocycles. The van der Waals surface area contributed by atoms with E-state index in [1.165, 1.54) is 10.4 Å². The fraction of sp³-hybridized carbons (Fsp3) is 0.364. The number of aromatic nitrogens is 3. The van der Waals surface area contributed by atoms with Crippen molar-refractivity contribution in [2.24, 2.45) is 7.05 Å². The Bertz CT molecular complexity index is 1310. The highest BCUT2D eigenvalue weighted by Gasteiger charge is 2.35. The number of aromatic amines is 1. The number of carbonyl (C=O) groups excluding carboxylic acids is 1. The summed E-state index contributed by atoms with van der Waals surface area (Å²) < 4.78 is 29.8. The number of fused-ring (bicyclic) bond motifs is 2. The molecule has 2 aliphatic rings. The lowest BCUT2D eigenvalue weighted by atomic mass is 10.1. The third kappa shape index (κ3) is 3.26. The summed E-state index contributed by atoms with van der Waals surface area (Å²) >= 11 is 0. The van der Waals surface area contributed by atoms with E-state index >= 15 is 0 Å². The number of aliphatic hydroxyl groups excluding tert-OH is 1. The predicted octanol–water partition coefficient (Wildman–Crippen LogP) is 1.19. The van der Waals surface area contributed by atoms with Crippen LogP contribution in [0.2, 0.25) is 0 Å². The number of amides is 1. The van der Waals surface area contributed by atoms with Gasteiger partial charge in [-0.3, -0.25) is 9.89 Å². The molecule has 32 heavy (non-hydrogen) atoms. The van der Waals surface area contributed by atoms with Crippen molar-refractivity contribution >= 4 is 15.9 Å². The van der Waals surface area contributed by atoms with Crippen LogP contribution < -0.4 is 5.32 Å². The van der Waals surface area contributed by atoms with E-state index in [1.807, 2.05) is 24.3 Å². The number of rotatable bonds is 4. The number of benzene rings is 1. The van der Waals surface area contributed by atoms with Crippen LogP contribution in [0.15, 0.2) is 41.4 Å². The van der Waals surface area contributed by atoms with Gasteiger partial charge in [0, 0.05) is 43.5 Å². The van der Waals surface area contributed by atoms with Gasteiger partial charge in [-0.05, 0) is 30.5 Å². The third-order valence-electron chi connectivity index (χ3n) is 6.62. The van der Waals surface area contributed by atoms with Gasteiger partial charge in [0.2, 0.25) is 10.0 Å². The summed E-state index contributed by atoms with van der Waals surface area (Å²) in [5.41, 5.74) is 4.36. The highest BCUT2D eigenvalue weighted by atomic mass is 32.2. The standard InChI is InChI=1S/C22H25N5O4S/c1-13-20(32(30,31)27-8-7-17-15(12-27)11-23-25-17)10-19(26(13)2)22(29)24-18-9-14-5-3-4-6-16(14)21(18)28/h3-6,10-11,18,21,28H,7-9,12H2,1-2H3,(H,23,25)(H,24,29)/t18-,21+/m1/s1. The van der Waals surface area contributed by atoms with Gasteiger partial charge < -0.3 is 15.0 Å². The molecule has 5 rings (SSSR count). The minimum Gasteiger partial charge on any atom is -0.386 e. The maximum absolute atomic E-state index is 13.4. The monoisotopic (exact) mass is 455 g/mol. The van der Waals surface area contributed by atoms with Crippen LogP contribution in [-0.2, 0) is 36.5 Å². The average molecular weight is 456 g/mol. The van der Waals surface area contributed by atoms with E-state index in [2.05, 4.69) is 15.5 Å². The van der Waals surface area contributed by atoms with Crippen molar-refractivity contribution in [1.82, 2.24) is 24.4 Å². The van der Waals surface area contributed by atoms with Crippen LogP contribution in [0.1, 0.15) is 44.7 Å². The van der Waals surface area contributed by atoms with E-state index < -0.39 is 28.1 Å². The zero-order valence-electron chi connectivity index (χ0n) is 17.9. The number of sulfonamides is 1. The molecule has 0 unspecified atom stereocenters. The molecule has 3 heterocycles. The van der Waals surface area contributed by atoms with Gasteiger partial charge in [0.25, 0.3) is 5.91 Å². The molecule has 3 N–H and O–H groups in total. The fourth-order valence-corrected chi connectivity index (χ4v) is 6.33. The Morgan fingerprint density at radius 1 is 1.28 bits per heavy atom. The summed E-state index contributed by atoms with van der Waals surface area (Å²) in [6.45, 7) is 2.29. The van der Waals surface area contributed by atoms with Gasteiger partial charge in [-0.2, -0.15) is 9.40 Å². The Hall–Kier alpha value is -2.95. The molecule has 2 atom stereocenters. The van der Waals surface area contributed by atoms with Crippen molar-refractivity contribution in [3.05, 3.63) is 70.3 Å². The van der Waals surface area contributed by atoms with Crippen LogP contribution >= 0.6 is 0 Å². The zero-order valence-corrected chi connectivity index (χ0v) is 18.7. The van der Waals surface area contributed by atoms with E-state index in [0.29, 0.717) is 25.1 Å². The molecule has 10 heteroatoms.